The van der Waals surface area contributed by atoms with Gasteiger partial charge in [-0.1, -0.05) is 12.8 Å². The maximum Gasteiger partial charge on any atom is 0.230 e. The van der Waals surface area contributed by atoms with Crippen LogP contribution in [-0.2, 0) is 4.79 Å². The van der Waals surface area contributed by atoms with E-state index in [0.29, 0.717) is 11.9 Å². The summed E-state index contributed by atoms with van der Waals surface area (Å²) in [5, 5.41) is 0. The highest BCUT2D eigenvalue weighted by Crippen LogP contribution is 2.39. The second-order valence-corrected chi connectivity index (χ2v) is 7.54. The van der Waals surface area contributed by atoms with E-state index in [-0.39, 0.29) is 11.5 Å². The highest BCUT2D eigenvalue weighted by Gasteiger charge is 2.45. The number of carbonyl (C=O) groups excluding carboxylic acids is 1. The van der Waals surface area contributed by atoms with Crippen LogP contribution in [0, 0.1) is 5.41 Å². The van der Waals surface area contributed by atoms with Gasteiger partial charge in [-0.3, -0.25) is 4.79 Å². The molecule has 2 N–H and O–H groups in total. The Morgan fingerprint density at radius 2 is 1.67 bits per heavy atom. The minimum absolute atomic E-state index is 0.0600. The number of piperidine rings is 2. The largest absolute Gasteiger partial charge is 0.342 e. The maximum absolute atomic E-state index is 12.8. The molecule has 0 aromatic heterocycles. The van der Waals surface area contributed by atoms with Gasteiger partial charge in [0.25, 0.3) is 0 Å². The van der Waals surface area contributed by atoms with E-state index in [1.165, 1.54) is 32.4 Å². The molecule has 21 heavy (non-hydrogen) atoms. The average Bonchev–Trinajstić information content (AvgIpc) is 2.88. The Balaban J connectivity index is 1.54. The first-order valence-corrected chi connectivity index (χ1v) is 8.90. The summed E-state index contributed by atoms with van der Waals surface area (Å²) < 4.78 is 0. The third kappa shape index (κ3) is 2.98. The SMILES string of the molecule is CC1(C(=O)N2CCC(N3CCCCC3)CC2)CCCC1N. The van der Waals surface area contributed by atoms with Crippen molar-refractivity contribution in [2.75, 3.05) is 26.2 Å². The molecule has 0 radical (unpaired) electrons. The molecule has 2 unspecified atom stereocenters. The zero-order chi connectivity index (χ0) is 14.9. The summed E-state index contributed by atoms with van der Waals surface area (Å²) in [5.74, 6) is 0.324. The number of carbonyl (C=O) groups is 1. The molecule has 1 aliphatic carbocycles. The summed E-state index contributed by atoms with van der Waals surface area (Å²) in [5.41, 5.74) is 5.92. The van der Waals surface area contributed by atoms with E-state index >= 15 is 0 Å². The summed E-state index contributed by atoms with van der Waals surface area (Å²) >= 11 is 0. The first-order valence-electron chi connectivity index (χ1n) is 8.90. The van der Waals surface area contributed by atoms with Gasteiger partial charge < -0.3 is 15.5 Å². The first-order chi connectivity index (χ1) is 10.1. The van der Waals surface area contributed by atoms with Crippen LogP contribution in [0.25, 0.3) is 0 Å². The fraction of sp³-hybridized carbons (Fsp3) is 0.941. The molecule has 3 fully saturated rings. The van der Waals surface area contributed by atoms with Crippen molar-refractivity contribution in [2.24, 2.45) is 11.1 Å². The molecule has 3 rings (SSSR count). The zero-order valence-electron chi connectivity index (χ0n) is 13.5. The number of rotatable bonds is 2. The molecule has 0 aromatic carbocycles. The maximum atomic E-state index is 12.8. The van der Waals surface area contributed by atoms with Crippen LogP contribution in [-0.4, -0.2) is 54.0 Å². The van der Waals surface area contributed by atoms with Crippen LogP contribution in [0.5, 0.6) is 0 Å². The van der Waals surface area contributed by atoms with Crippen LogP contribution in [0.3, 0.4) is 0 Å². The van der Waals surface area contributed by atoms with E-state index in [4.69, 9.17) is 5.73 Å². The zero-order valence-corrected chi connectivity index (χ0v) is 13.5. The van der Waals surface area contributed by atoms with Crippen LogP contribution in [0.15, 0.2) is 0 Å². The summed E-state index contributed by atoms with van der Waals surface area (Å²) in [6, 6.07) is 0.768. The number of hydrogen-bond donors (Lipinski definition) is 1. The van der Waals surface area contributed by atoms with Crippen LogP contribution >= 0.6 is 0 Å². The molecule has 2 heterocycles. The van der Waals surface area contributed by atoms with Gasteiger partial charge in [0.1, 0.15) is 0 Å². The molecule has 3 aliphatic rings. The van der Waals surface area contributed by atoms with Crippen molar-refractivity contribution >= 4 is 5.91 Å². The second kappa shape index (κ2) is 6.25. The van der Waals surface area contributed by atoms with Crippen molar-refractivity contribution < 1.29 is 4.79 Å². The lowest BCUT2D eigenvalue weighted by atomic mass is 9.83. The summed E-state index contributed by atoms with van der Waals surface area (Å²) in [7, 11) is 0. The predicted molar refractivity (Wildman–Crippen MR) is 85.0 cm³/mol. The topological polar surface area (TPSA) is 49.6 Å². The van der Waals surface area contributed by atoms with Gasteiger partial charge in [0.05, 0.1) is 5.41 Å². The molecule has 2 atom stereocenters. The third-order valence-corrected chi connectivity index (χ3v) is 6.18. The fourth-order valence-corrected chi connectivity index (χ4v) is 4.54. The van der Waals surface area contributed by atoms with Crippen molar-refractivity contribution in [1.29, 1.82) is 0 Å². The van der Waals surface area contributed by atoms with Crippen LogP contribution in [0.2, 0.25) is 0 Å². The Morgan fingerprint density at radius 3 is 2.24 bits per heavy atom. The molecule has 0 aromatic rings. The van der Waals surface area contributed by atoms with Crippen molar-refractivity contribution in [2.45, 2.75) is 70.4 Å². The predicted octanol–water partition coefficient (Wildman–Crippen LogP) is 1.98. The van der Waals surface area contributed by atoms with Gasteiger partial charge in [-0.15, -0.1) is 0 Å². The van der Waals surface area contributed by atoms with Crippen molar-refractivity contribution in [1.82, 2.24) is 9.80 Å². The number of nitrogens with zero attached hydrogens (tertiary/aromatic N) is 2. The molecule has 1 amide bonds. The summed E-state index contributed by atoms with van der Waals surface area (Å²) in [4.78, 5) is 17.6. The van der Waals surface area contributed by atoms with Crippen LogP contribution in [0.1, 0.15) is 58.3 Å². The van der Waals surface area contributed by atoms with Gasteiger partial charge in [0.15, 0.2) is 0 Å². The molecule has 2 saturated heterocycles. The van der Waals surface area contributed by atoms with E-state index in [9.17, 15) is 4.79 Å². The lowest BCUT2D eigenvalue weighted by Crippen LogP contribution is -2.54. The number of hydrogen-bond acceptors (Lipinski definition) is 3. The van der Waals surface area contributed by atoms with E-state index in [1.807, 2.05) is 0 Å². The lowest BCUT2D eigenvalue weighted by molar-refractivity contribution is -0.143. The van der Waals surface area contributed by atoms with E-state index in [1.54, 1.807) is 0 Å². The van der Waals surface area contributed by atoms with Crippen LogP contribution in [0.4, 0.5) is 0 Å². The smallest absolute Gasteiger partial charge is 0.230 e. The highest BCUT2D eigenvalue weighted by molar-refractivity contribution is 5.83. The minimum Gasteiger partial charge on any atom is -0.342 e. The van der Waals surface area contributed by atoms with Gasteiger partial charge in [-0.25, -0.2) is 0 Å². The number of likely N-dealkylation sites (tertiary alicyclic amines) is 2. The van der Waals surface area contributed by atoms with Gasteiger partial charge in [-0.2, -0.15) is 0 Å². The van der Waals surface area contributed by atoms with Crippen molar-refractivity contribution in [3.8, 4) is 0 Å². The molecule has 120 valence electrons. The number of nitrogens with two attached hydrogens (primary N) is 1. The Labute approximate surface area is 129 Å². The molecule has 4 heteroatoms. The average molecular weight is 293 g/mol. The quantitative estimate of drug-likeness (QED) is 0.847. The van der Waals surface area contributed by atoms with E-state index < -0.39 is 0 Å². The third-order valence-electron chi connectivity index (χ3n) is 6.18. The molecule has 0 bridgehead atoms. The molecular weight excluding hydrogens is 262 g/mol. The fourth-order valence-electron chi connectivity index (χ4n) is 4.54. The Morgan fingerprint density at radius 1 is 1.00 bits per heavy atom. The Bertz CT molecular complexity index is 372. The van der Waals surface area contributed by atoms with E-state index in [0.717, 1.165) is 45.2 Å². The normalized spacial score (nSPS) is 36.1. The molecule has 1 saturated carbocycles. The van der Waals surface area contributed by atoms with Gasteiger partial charge in [0, 0.05) is 25.2 Å². The molecule has 0 spiro atoms. The summed E-state index contributed by atoms with van der Waals surface area (Å²) in [6.45, 7) is 6.48. The Kier molecular flexibility index (Phi) is 4.55. The van der Waals surface area contributed by atoms with Crippen LogP contribution < -0.4 is 5.73 Å². The van der Waals surface area contributed by atoms with Gasteiger partial charge in [0.2, 0.25) is 5.91 Å². The van der Waals surface area contributed by atoms with Gasteiger partial charge >= 0.3 is 0 Å². The minimum atomic E-state index is -0.294. The van der Waals surface area contributed by atoms with Crippen molar-refractivity contribution in [3.63, 3.8) is 0 Å². The Hall–Kier alpha value is -0.610. The molecule has 4 nitrogen and oxygen atoms in total. The lowest BCUT2D eigenvalue weighted by Gasteiger charge is -2.42. The number of amides is 1. The monoisotopic (exact) mass is 293 g/mol. The highest BCUT2D eigenvalue weighted by atomic mass is 16.2. The van der Waals surface area contributed by atoms with Crippen molar-refractivity contribution in [3.05, 3.63) is 0 Å². The first kappa shape index (κ1) is 15.3. The van der Waals surface area contributed by atoms with E-state index in [2.05, 4.69) is 16.7 Å². The molecule has 2 aliphatic heterocycles. The molecular formula is C17H31N3O. The second-order valence-electron chi connectivity index (χ2n) is 7.54. The van der Waals surface area contributed by atoms with Gasteiger partial charge in [-0.05, 0) is 58.5 Å². The standard InChI is InChI=1S/C17H31N3O/c1-17(9-5-6-15(17)18)16(21)20-12-7-14(8-13-20)19-10-3-2-4-11-19/h14-15H,2-13,18H2,1H3. The summed E-state index contributed by atoms with van der Waals surface area (Å²) in [6.07, 6.45) is 9.48.